The summed E-state index contributed by atoms with van der Waals surface area (Å²) in [4.78, 5) is 0. The molecule has 14 heavy (non-hydrogen) atoms. The van der Waals surface area contributed by atoms with Gasteiger partial charge in [-0.2, -0.15) is 5.10 Å². The lowest BCUT2D eigenvalue weighted by molar-refractivity contribution is 0.403. The van der Waals surface area contributed by atoms with Crippen LogP contribution in [0.15, 0.2) is 12.4 Å². The van der Waals surface area contributed by atoms with Gasteiger partial charge in [-0.1, -0.05) is 13.8 Å². The van der Waals surface area contributed by atoms with Crippen LogP contribution in [0.25, 0.3) is 0 Å². The van der Waals surface area contributed by atoms with Crippen LogP contribution in [0.5, 0.6) is 0 Å². The van der Waals surface area contributed by atoms with Crippen LogP contribution in [0, 0.1) is 5.92 Å². The van der Waals surface area contributed by atoms with Crippen LogP contribution < -0.4 is 5.32 Å². The van der Waals surface area contributed by atoms with Crippen molar-refractivity contribution in [3.63, 3.8) is 0 Å². The molecule has 0 aliphatic rings. The number of hydrogen-bond acceptors (Lipinski definition) is 2. The van der Waals surface area contributed by atoms with Crippen LogP contribution in [0.2, 0.25) is 0 Å². The molecular weight excluding hydrogens is 174 g/mol. The van der Waals surface area contributed by atoms with Crippen LogP contribution in [0.4, 0.5) is 0 Å². The van der Waals surface area contributed by atoms with Gasteiger partial charge in [0.2, 0.25) is 0 Å². The summed E-state index contributed by atoms with van der Waals surface area (Å²) in [5, 5.41) is 7.51. The molecule has 0 spiro atoms. The fraction of sp³-hybridized carbons (Fsp3) is 0.727. The Kier molecular flexibility index (Phi) is 4.14. The number of hydrogen-bond donors (Lipinski definition) is 1. The molecule has 1 heterocycles. The zero-order valence-corrected chi connectivity index (χ0v) is 9.62. The van der Waals surface area contributed by atoms with Gasteiger partial charge in [-0.05, 0) is 31.4 Å². The first kappa shape index (κ1) is 11.2. The first-order chi connectivity index (χ1) is 6.63. The molecule has 1 rings (SSSR count). The Morgan fingerprint density at radius 2 is 2.21 bits per heavy atom. The van der Waals surface area contributed by atoms with E-state index in [1.807, 2.05) is 25.0 Å². The summed E-state index contributed by atoms with van der Waals surface area (Å²) in [5.74, 6) is 0.691. The molecule has 1 unspecified atom stereocenters. The van der Waals surface area contributed by atoms with Crippen molar-refractivity contribution in [2.75, 3.05) is 7.05 Å². The van der Waals surface area contributed by atoms with Crippen molar-refractivity contribution in [1.29, 1.82) is 0 Å². The molecule has 1 atom stereocenters. The van der Waals surface area contributed by atoms with E-state index >= 15 is 0 Å². The normalized spacial score (nSPS) is 13.5. The Hall–Kier alpha value is -0.830. The number of rotatable bonds is 5. The molecule has 3 nitrogen and oxygen atoms in total. The molecule has 0 aromatic carbocycles. The molecular formula is C11H21N3. The second kappa shape index (κ2) is 5.15. The van der Waals surface area contributed by atoms with Gasteiger partial charge in [-0.25, -0.2) is 0 Å². The Morgan fingerprint density at radius 1 is 1.50 bits per heavy atom. The van der Waals surface area contributed by atoms with E-state index in [1.54, 1.807) is 0 Å². The molecule has 3 heteroatoms. The summed E-state index contributed by atoms with van der Waals surface area (Å²) in [7, 11) is 4.00. The number of aromatic nitrogens is 2. The Labute approximate surface area is 86.5 Å². The third-order valence-corrected chi connectivity index (χ3v) is 2.68. The highest BCUT2D eigenvalue weighted by atomic mass is 15.2. The van der Waals surface area contributed by atoms with Crippen LogP contribution in [0.3, 0.4) is 0 Å². The van der Waals surface area contributed by atoms with Crippen molar-refractivity contribution in [1.82, 2.24) is 15.1 Å². The van der Waals surface area contributed by atoms with Gasteiger partial charge in [0.05, 0.1) is 6.20 Å². The maximum absolute atomic E-state index is 4.16. The Bertz CT molecular complexity index is 265. The summed E-state index contributed by atoms with van der Waals surface area (Å²) in [6.45, 7) is 4.51. The van der Waals surface area contributed by atoms with Crippen LogP contribution in [-0.4, -0.2) is 22.9 Å². The summed E-state index contributed by atoms with van der Waals surface area (Å²) in [6, 6.07) is 0.607. The van der Waals surface area contributed by atoms with Crippen molar-refractivity contribution in [2.24, 2.45) is 13.0 Å². The van der Waals surface area contributed by atoms with E-state index in [2.05, 4.69) is 30.5 Å². The second-order valence-electron chi connectivity index (χ2n) is 4.20. The number of nitrogens with one attached hydrogen (secondary N) is 1. The predicted octanol–water partition coefficient (Wildman–Crippen LogP) is 1.60. The van der Waals surface area contributed by atoms with Gasteiger partial charge < -0.3 is 5.32 Å². The van der Waals surface area contributed by atoms with E-state index in [1.165, 1.54) is 12.0 Å². The minimum atomic E-state index is 0.607. The lowest BCUT2D eigenvalue weighted by Crippen LogP contribution is -2.30. The van der Waals surface area contributed by atoms with Crippen molar-refractivity contribution in [3.8, 4) is 0 Å². The van der Waals surface area contributed by atoms with Gasteiger partial charge in [-0.3, -0.25) is 4.68 Å². The summed E-state index contributed by atoms with van der Waals surface area (Å²) in [6.07, 6.45) is 6.33. The molecule has 0 saturated carbocycles. The summed E-state index contributed by atoms with van der Waals surface area (Å²) >= 11 is 0. The second-order valence-corrected chi connectivity index (χ2v) is 4.20. The molecule has 0 aliphatic carbocycles. The molecule has 0 saturated heterocycles. The van der Waals surface area contributed by atoms with Gasteiger partial charge in [0.15, 0.2) is 0 Å². The molecule has 0 amide bonds. The van der Waals surface area contributed by atoms with Gasteiger partial charge in [-0.15, -0.1) is 0 Å². The monoisotopic (exact) mass is 195 g/mol. The van der Waals surface area contributed by atoms with Gasteiger partial charge in [0, 0.05) is 19.3 Å². The Morgan fingerprint density at radius 3 is 2.64 bits per heavy atom. The van der Waals surface area contributed by atoms with Crippen LogP contribution in [-0.2, 0) is 13.5 Å². The summed E-state index contributed by atoms with van der Waals surface area (Å²) < 4.78 is 1.86. The lowest BCUT2D eigenvalue weighted by atomic mass is 9.98. The minimum absolute atomic E-state index is 0.607. The van der Waals surface area contributed by atoms with Crippen molar-refractivity contribution in [2.45, 2.75) is 32.7 Å². The van der Waals surface area contributed by atoms with E-state index in [0.717, 1.165) is 6.42 Å². The first-order valence-corrected chi connectivity index (χ1v) is 5.28. The quantitative estimate of drug-likeness (QED) is 0.773. The average molecular weight is 195 g/mol. The number of aryl methyl sites for hydroxylation is 2. The fourth-order valence-corrected chi connectivity index (χ4v) is 1.73. The maximum atomic E-state index is 4.16. The van der Waals surface area contributed by atoms with E-state index in [0.29, 0.717) is 12.0 Å². The largest absolute Gasteiger partial charge is 0.317 e. The smallest absolute Gasteiger partial charge is 0.0521 e. The van der Waals surface area contributed by atoms with Crippen LogP contribution in [0.1, 0.15) is 25.8 Å². The predicted molar refractivity (Wildman–Crippen MR) is 59.2 cm³/mol. The van der Waals surface area contributed by atoms with E-state index in [4.69, 9.17) is 0 Å². The first-order valence-electron chi connectivity index (χ1n) is 5.28. The van der Waals surface area contributed by atoms with Gasteiger partial charge in [0.1, 0.15) is 0 Å². The minimum Gasteiger partial charge on any atom is -0.317 e. The fourth-order valence-electron chi connectivity index (χ4n) is 1.73. The highest BCUT2D eigenvalue weighted by molar-refractivity contribution is 5.04. The average Bonchev–Trinajstić information content (AvgIpc) is 2.52. The molecule has 1 N–H and O–H groups in total. The van der Waals surface area contributed by atoms with Gasteiger partial charge in [0.25, 0.3) is 0 Å². The van der Waals surface area contributed by atoms with Crippen molar-refractivity contribution >= 4 is 0 Å². The topological polar surface area (TPSA) is 29.9 Å². The molecule has 80 valence electrons. The highest BCUT2D eigenvalue weighted by Gasteiger charge is 2.10. The van der Waals surface area contributed by atoms with E-state index in [-0.39, 0.29) is 0 Å². The number of nitrogens with zero attached hydrogens (tertiary/aromatic N) is 2. The molecule has 0 aliphatic heterocycles. The SMILES string of the molecule is CNC(CCc1cnn(C)c1)C(C)C. The third-order valence-electron chi connectivity index (χ3n) is 2.68. The Balaban J connectivity index is 2.39. The third kappa shape index (κ3) is 3.14. The van der Waals surface area contributed by atoms with Gasteiger partial charge >= 0.3 is 0 Å². The van der Waals surface area contributed by atoms with Crippen molar-refractivity contribution in [3.05, 3.63) is 18.0 Å². The zero-order valence-electron chi connectivity index (χ0n) is 9.62. The maximum Gasteiger partial charge on any atom is 0.0521 e. The molecule has 0 radical (unpaired) electrons. The van der Waals surface area contributed by atoms with E-state index < -0.39 is 0 Å². The van der Waals surface area contributed by atoms with E-state index in [9.17, 15) is 0 Å². The lowest BCUT2D eigenvalue weighted by Gasteiger charge is -2.19. The molecule has 1 aromatic heterocycles. The standard InChI is InChI=1S/C11H21N3/c1-9(2)11(12-3)6-5-10-7-13-14(4)8-10/h7-9,11-12H,5-6H2,1-4H3. The molecule has 0 fully saturated rings. The van der Waals surface area contributed by atoms with Crippen molar-refractivity contribution < 1.29 is 0 Å². The highest BCUT2D eigenvalue weighted by Crippen LogP contribution is 2.10. The molecule has 1 aromatic rings. The molecule has 0 bridgehead atoms. The summed E-state index contributed by atoms with van der Waals surface area (Å²) in [5.41, 5.74) is 1.33. The van der Waals surface area contributed by atoms with Crippen LogP contribution >= 0.6 is 0 Å². The zero-order chi connectivity index (χ0) is 10.6.